The van der Waals surface area contributed by atoms with Gasteiger partial charge in [-0.3, -0.25) is 14.9 Å². The van der Waals surface area contributed by atoms with Crippen molar-refractivity contribution >= 4 is 40.9 Å². The molecule has 1 aliphatic rings. The van der Waals surface area contributed by atoms with Crippen LogP contribution in [0.1, 0.15) is 11.3 Å². The van der Waals surface area contributed by atoms with Crippen molar-refractivity contribution in [2.24, 2.45) is 0 Å². The predicted octanol–water partition coefficient (Wildman–Crippen LogP) is 3.76. The molecule has 0 saturated carbocycles. The number of methoxy groups -OCH3 is 1. The summed E-state index contributed by atoms with van der Waals surface area (Å²) in [7, 11) is 1.60. The molecule has 1 aromatic heterocycles. The highest BCUT2D eigenvalue weighted by Gasteiger charge is 2.35. The largest absolute Gasteiger partial charge is 0.497 e. The fraction of sp³-hybridized carbons (Fsp3) is 0.0870. The van der Waals surface area contributed by atoms with Crippen LogP contribution in [0, 0.1) is 12.7 Å². The van der Waals surface area contributed by atoms with E-state index in [1.165, 1.54) is 24.3 Å². The van der Waals surface area contributed by atoms with E-state index in [4.69, 9.17) is 17.0 Å². The number of aromatic nitrogens is 1. The molecule has 0 spiro atoms. The van der Waals surface area contributed by atoms with Crippen molar-refractivity contribution in [1.82, 2.24) is 9.88 Å². The molecule has 0 aliphatic carbocycles. The highest BCUT2D eigenvalue weighted by molar-refractivity contribution is 7.80. The number of thiocarbonyl (C=S) groups is 1. The Bertz CT molecular complexity index is 1230. The van der Waals surface area contributed by atoms with Crippen LogP contribution in [-0.2, 0) is 9.59 Å². The SMILES string of the molecule is COc1ccc(-n2cc(/C=C3/C(=O)NC(=S)N(c4ccccc4F)C3=O)cc2C)cc1. The Balaban J connectivity index is 1.70. The minimum Gasteiger partial charge on any atom is -0.497 e. The molecule has 2 amide bonds. The molecule has 0 radical (unpaired) electrons. The Morgan fingerprint density at radius 3 is 2.48 bits per heavy atom. The van der Waals surface area contributed by atoms with Crippen LogP contribution in [0.5, 0.6) is 5.75 Å². The summed E-state index contributed by atoms with van der Waals surface area (Å²) in [5.74, 6) is -1.19. The summed E-state index contributed by atoms with van der Waals surface area (Å²) in [6.45, 7) is 1.91. The molecular formula is C23H18FN3O3S. The number of nitrogens with zero attached hydrogens (tertiary/aromatic N) is 2. The Hall–Kier alpha value is -3.78. The number of hydrogen-bond acceptors (Lipinski definition) is 4. The zero-order valence-electron chi connectivity index (χ0n) is 16.8. The van der Waals surface area contributed by atoms with Crippen LogP contribution in [-0.4, -0.2) is 28.6 Å². The predicted molar refractivity (Wildman–Crippen MR) is 120 cm³/mol. The Labute approximate surface area is 183 Å². The third-order valence-corrected chi connectivity index (χ3v) is 5.17. The maximum atomic E-state index is 14.3. The molecule has 2 aromatic carbocycles. The van der Waals surface area contributed by atoms with E-state index in [1.54, 1.807) is 13.2 Å². The van der Waals surface area contributed by atoms with Crippen molar-refractivity contribution < 1.29 is 18.7 Å². The average molecular weight is 435 g/mol. The number of anilines is 1. The summed E-state index contributed by atoms with van der Waals surface area (Å²) >= 11 is 5.11. The third kappa shape index (κ3) is 3.85. The van der Waals surface area contributed by atoms with E-state index in [0.29, 0.717) is 5.56 Å². The van der Waals surface area contributed by atoms with E-state index >= 15 is 0 Å². The molecule has 4 rings (SSSR count). The minimum absolute atomic E-state index is 0.0182. The number of aryl methyl sites for hydroxylation is 1. The van der Waals surface area contributed by atoms with Crippen molar-refractivity contribution in [1.29, 1.82) is 0 Å². The summed E-state index contributed by atoms with van der Waals surface area (Å²) in [4.78, 5) is 26.5. The van der Waals surface area contributed by atoms with Crippen molar-refractivity contribution in [2.45, 2.75) is 6.92 Å². The number of para-hydroxylation sites is 1. The molecule has 0 atom stereocenters. The lowest BCUT2D eigenvalue weighted by molar-refractivity contribution is -0.122. The van der Waals surface area contributed by atoms with Gasteiger partial charge in [-0.25, -0.2) is 9.29 Å². The molecule has 8 heteroatoms. The molecule has 2 heterocycles. The van der Waals surface area contributed by atoms with E-state index < -0.39 is 17.6 Å². The van der Waals surface area contributed by atoms with Gasteiger partial charge in [-0.05, 0) is 73.2 Å². The second kappa shape index (κ2) is 8.16. The number of carbonyl (C=O) groups is 2. The van der Waals surface area contributed by atoms with E-state index in [0.717, 1.165) is 22.0 Å². The van der Waals surface area contributed by atoms with E-state index in [9.17, 15) is 14.0 Å². The normalized spacial score (nSPS) is 15.4. The molecule has 1 aliphatic heterocycles. The first-order valence-corrected chi connectivity index (χ1v) is 9.79. The average Bonchev–Trinajstić information content (AvgIpc) is 3.12. The van der Waals surface area contributed by atoms with E-state index in [1.807, 2.05) is 48.0 Å². The molecule has 156 valence electrons. The highest BCUT2D eigenvalue weighted by Crippen LogP contribution is 2.25. The van der Waals surface area contributed by atoms with Gasteiger partial charge in [-0.1, -0.05) is 12.1 Å². The molecule has 3 aromatic rings. The quantitative estimate of drug-likeness (QED) is 0.385. The van der Waals surface area contributed by atoms with Gasteiger partial charge in [0.25, 0.3) is 11.8 Å². The molecule has 6 nitrogen and oxygen atoms in total. The molecule has 1 N–H and O–H groups in total. The molecular weight excluding hydrogens is 417 g/mol. The lowest BCUT2D eigenvalue weighted by Gasteiger charge is -2.29. The second-order valence-corrected chi connectivity index (χ2v) is 7.28. The monoisotopic (exact) mass is 435 g/mol. The Morgan fingerprint density at radius 1 is 1.10 bits per heavy atom. The lowest BCUT2D eigenvalue weighted by atomic mass is 10.1. The van der Waals surface area contributed by atoms with E-state index in [-0.39, 0.29) is 16.4 Å². The Morgan fingerprint density at radius 2 is 1.81 bits per heavy atom. The summed E-state index contributed by atoms with van der Waals surface area (Å²) in [6.07, 6.45) is 3.28. The van der Waals surface area contributed by atoms with Crippen molar-refractivity contribution in [3.05, 3.63) is 83.4 Å². The number of ether oxygens (including phenoxy) is 1. The van der Waals surface area contributed by atoms with Crippen LogP contribution in [0.15, 0.2) is 66.4 Å². The second-order valence-electron chi connectivity index (χ2n) is 6.89. The molecule has 0 bridgehead atoms. The maximum Gasteiger partial charge on any atom is 0.270 e. The van der Waals surface area contributed by atoms with Crippen LogP contribution < -0.4 is 15.0 Å². The van der Waals surface area contributed by atoms with Crippen LogP contribution in [0.25, 0.3) is 11.8 Å². The smallest absolute Gasteiger partial charge is 0.270 e. The van der Waals surface area contributed by atoms with Crippen molar-refractivity contribution in [2.75, 3.05) is 12.0 Å². The number of halogens is 1. The van der Waals surface area contributed by atoms with E-state index in [2.05, 4.69) is 5.32 Å². The van der Waals surface area contributed by atoms with Gasteiger partial charge in [0.05, 0.1) is 12.8 Å². The highest BCUT2D eigenvalue weighted by atomic mass is 32.1. The number of carbonyl (C=O) groups excluding carboxylic acids is 2. The van der Waals surface area contributed by atoms with Crippen LogP contribution in [0.4, 0.5) is 10.1 Å². The first kappa shape index (κ1) is 20.5. The third-order valence-electron chi connectivity index (χ3n) is 4.89. The number of hydrogen-bond donors (Lipinski definition) is 1. The van der Waals surface area contributed by atoms with Gasteiger partial charge in [0.2, 0.25) is 0 Å². The summed E-state index contributed by atoms with van der Waals surface area (Å²) < 4.78 is 21.4. The first-order chi connectivity index (χ1) is 14.9. The van der Waals surface area contributed by atoms with Gasteiger partial charge < -0.3 is 9.30 Å². The number of nitrogens with one attached hydrogen (secondary N) is 1. The topological polar surface area (TPSA) is 63.6 Å². The zero-order valence-corrected chi connectivity index (χ0v) is 17.6. The van der Waals surface area contributed by atoms with Gasteiger partial charge in [0, 0.05) is 17.6 Å². The summed E-state index contributed by atoms with van der Waals surface area (Å²) in [5, 5.41) is 2.30. The van der Waals surface area contributed by atoms with Gasteiger partial charge in [-0.15, -0.1) is 0 Å². The maximum absolute atomic E-state index is 14.3. The summed E-state index contributed by atoms with van der Waals surface area (Å²) in [6, 6.07) is 15.1. The van der Waals surface area contributed by atoms with Crippen LogP contribution in [0.3, 0.4) is 0 Å². The summed E-state index contributed by atoms with van der Waals surface area (Å²) in [5.41, 5.74) is 2.30. The lowest BCUT2D eigenvalue weighted by Crippen LogP contribution is -2.54. The van der Waals surface area contributed by atoms with Crippen LogP contribution >= 0.6 is 12.2 Å². The molecule has 1 fully saturated rings. The molecule has 31 heavy (non-hydrogen) atoms. The first-order valence-electron chi connectivity index (χ1n) is 9.38. The number of amides is 2. The Kier molecular flexibility index (Phi) is 5.39. The number of benzene rings is 2. The number of rotatable bonds is 4. The fourth-order valence-corrected chi connectivity index (χ4v) is 3.65. The van der Waals surface area contributed by atoms with Crippen LogP contribution in [0.2, 0.25) is 0 Å². The van der Waals surface area contributed by atoms with Gasteiger partial charge in [0.15, 0.2) is 5.11 Å². The minimum atomic E-state index is -0.686. The van der Waals surface area contributed by atoms with Crippen molar-refractivity contribution in [3.8, 4) is 11.4 Å². The van der Waals surface area contributed by atoms with Gasteiger partial charge in [-0.2, -0.15) is 0 Å². The molecule has 1 saturated heterocycles. The standard InChI is InChI=1S/C23H18FN3O3S/c1-14-11-15(13-26(14)16-7-9-17(30-2)10-8-16)12-18-21(28)25-23(31)27(22(18)29)20-6-4-3-5-19(20)24/h3-13H,1-2H3,(H,25,28,31)/b18-12-. The molecule has 0 unspecified atom stereocenters. The fourth-order valence-electron chi connectivity index (χ4n) is 3.37. The van der Waals surface area contributed by atoms with Gasteiger partial charge >= 0.3 is 0 Å². The van der Waals surface area contributed by atoms with Crippen molar-refractivity contribution in [3.63, 3.8) is 0 Å². The van der Waals surface area contributed by atoms with Gasteiger partial charge in [0.1, 0.15) is 17.1 Å². The zero-order chi connectivity index (χ0) is 22.1.